The topological polar surface area (TPSA) is 3.24 Å². The molecule has 22 heavy (non-hydrogen) atoms. The third-order valence-corrected chi connectivity index (χ3v) is 5.42. The monoisotopic (exact) mass is 289 g/mol. The van der Waals surface area contributed by atoms with Crippen LogP contribution < -0.4 is 4.90 Å². The fourth-order valence-electron chi connectivity index (χ4n) is 4.26. The Balaban J connectivity index is 1.69. The van der Waals surface area contributed by atoms with Crippen molar-refractivity contribution in [3.05, 3.63) is 65.2 Å². The minimum Gasteiger partial charge on any atom is -0.371 e. The van der Waals surface area contributed by atoms with E-state index in [1.165, 1.54) is 41.6 Å². The van der Waals surface area contributed by atoms with Gasteiger partial charge in [0.2, 0.25) is 0 Å². The lowest BCUT2D eigenvalue weighted by Crippen LogP contribution is -2.26. The number of anilines is 1. The maximum atomic E-state index is 2.50. The first-order valence-corrected chi connectivity index (χ1v) is 8.34. The largest absolute Gasteiger partial charge is 0.371 e. The number of hydrogen-bond acceptors (Lipinski definition) is 1. The third kappa shape index (κ3) is 2.16. The van der Waals surface area contributed by atoms with Gasteiger partial charge < -0.3 is 4.90 Å². The summed E-state index contributed by atoms with van der Waals surface area (Å²) in [4.78, 5) is 2.50. The van der Waals surface area contributed by atoms with Crippen LogP contribution in [0.1, 0.15) is 48.8 Å². The van der Waals surface area contributed by atoms with Crippen molar-refractivity contribution < 1.29 is 0 Å². The minimum absolute atomic E-state index is 0.740. The summed E-state index contributed by atoms with van der Waals surface area (Å²) < 4.78 is 0. The highest BCUT2D eigenvalue weighted by Crippen LogP contribution is 2.48. The number of allylic oxidation sites excluding steroid dienone is 1. The van der Waals surface area contributed by atoms with Crippen LogP contribution in [0.3, 0.4) is 0 Å². The SMILES string of the molecule is C/C(=C\c1ccc2c(c1)C1CCCC1N2C)c1ccccc1. The van der Waals surface area contributed by atoms with Gasteiger partial charge in [-0.1, -0.05) is 48.9 Å². The Labute approximate surface area is 133 Å². The molecule has 1 nitrogen and oxygen atoms in total. The van der Waals surface area contributed by atoms with E-state index in [9.17, 15) is 0 Å². The van der Waals surface area contributed by atoms with Crippen molar-refractivity contribution in [2.45, 2.75) is 38.1 Å². The van der Waals surface area contributed by atoms with Crippen molar-refractivity contribution in [3.8, 4) is 0 Å². The molecule has 0 spiro atoms. The second-order valence-corrected chi connectivity index (χ2v) is 6.73. The lowest BCUT2D eigenvalue weighted by Gasteiger charge is -2.21. The lowest BCUT2D eigenvalue weighted by molar-refractivity contribution is 0.625. The maximum absolute atomic E-state index is 2.50. The Morgan fingerprint density at radius 3 is 2.73 bits per heavy atom. The molecule has 0 saturated heterocycles. The average Bonchev–Trinajstić information content (AvgIpc) is 3.12. The van der Waals surface area contributed by atoms with Crippen molar-refractivity contribution in [1.82, 2.24) is 0 Å². The van der Waals surface area contributed by atoms with Gasteiger partial charge in [-0.25, -0.2) is 0 Å². The summed E-state index contributed by atoms with van der Waals surface area (Å²) in [5.41, 5.74) is 6.98. The molecule has 1 heterocycles. The molecule has 1 heteroatoms. The normalized spacial score (nSPS) is 23.5. The van der Waals surface area contributed by atoms with Gasteiger partial charge in [0.1, 0.15) is 0 Å². The first kappa shape index (κ1) is 13.6. The van der Waals surface area contributed by atoms with Crippen LogP contribution in [0.2, 0.25) is 0 Å². The molecule has 2 aliphatic rings. The third-order valence-electron chi connectivity index (χ3n) is 5.42. The quantitative estimate of drug-likeness (QED) is 0.675. The summed E-state index contributed by atoms with van der Waals surface area (Å²) in [7, 11) is 2.26. The van der Waals surface area contributed by atoms with Crippen LogP contribution in [-0.2, 0) is 0 Å². The second kappa shape index (κ2) is 5.31. The van der Waals surface area contributed by atoms with Gasteiger partial charge in [0, 0.05) is 24.7 Å². The predicted molar refractivity (Wildman–Crippen MR) is 95.2 cm³/mol. The Hall–Kier alpha value is -2.02. The maximum Gasteiger partial charge on any atom is 0.0402 e. The molecule has 2 unspecified atom stereocenters. The van der Waals surface area contributed by atoms with Crippen LogP contribution in [0.4, 0.5) is 5.69 Å². The smallest absolute Gasteiger partial charge is 0.0402 e. The summed E-state index contributed by atoms with van der Waals surface area (Å²) >= 11 is 0. The zero-order valence-corrected chi connectivity index (χ0v) is 13.4. The van der Waals surface area contributed by atoms with Gasteiger partial charge in [-0.15, -0.1) is 0 Å². The average molecular weight is 289 g/mol. The van der Waals surface area contributed by atoms with Crippen LogP contribution in [0, 0.1) is 0 Å². The van der Waals surface area contributed by atoms with Crippen LogP contribution >= 0.6 is 0 Å². The molecular weight excluding hydrogens is 266 g/mol. The Kier molecular flexibility index (Phi) is 3.29. The van der Waals surface area contributed by atoms with Gasteiger partial charge in [0.25, 0.3) is 0 Å². The number of benzene rings is 2. The Bertz CT molecular complexity index is 714. The molecule has 0 radical (unpaired) electrons. The summed E-state index contributed by atoms with van der Waals surface area (Å²) in [5, 5.41) is 0. The molecule has 4 rings (SSSR count). The zero-order chi connectivity index (χ0) is 15.1. The number of likely N-dealkylation sites (N-methyl/N-ethyl adjacent to an activating group) is 1. The number of hydrogen-bond donors (Lipinski definition) is 0. The molecule has 112 valence electrons. The highest BCUT2D eigenvalue weighted by Gasteiger charge is 2.39. The van der Waals surface area contributed by atoms with Crippen LogP contribution in [0.25, 0.3) is 11.6 Å². The number of rotatable bonds is 2. The van der Waals surface area contributed by atoms with Crippen LogP contribution in [-0.4, -0.2) is 13.1 Å². The van der Waals surface area contributed by atoms with Gasteiger partial charge in [0.05, 0.1) is 0 Å². The van der Waals surface area contributed by atoms with Crippen molar-refractivity contribution in [2.75, 3.05) is 11.9 Å². The van der Waals surface area contributed by atoms with E-state index in [0.29, 0.717) is 0 Å². The molecule has 0 bridgehead atoms. The molecule has 1 fully saturated rings. The predicted octanol–water partition coefficient (Wildman–Crippen LogP) is 5.33. The van der Waals surface area contributed by atoms with Crippen LogP contribution in [0.15, 0.2) is 48.5 Å². The van der Waals surface area contributed by atoms with E-state index in [2.05, 4.69) is 73.5 Å². The molecule has 1 saturated carbocycles. The van der Waals surface area contributed by atoms with E-state index in [4.69, 9.17) is 0 Å². The Morgan fingerprint density at radius 1 is 1.09 bits per heavy atom. The summed E-state index contributed by atoms with van der Waals surface area (Å²) in [6.45, 7) is 2.20. The molecule has 0 N–H and O–H groups in total. The molecule has 1 aliphatic heterocycles. The van der Waals surface area contributed by atoms with E-state index in [1.54, 1.807) is 5.56 Å². The second-order valence-electron chi connectivity index (χ2n) is 6.73. The first-order chi connectivity index (χ1) is 10.7. The van der Waals surface area contributed by atoms with E-state index >= 15 is 0 Å². The van der Waals surface area contributed by atoms with E-state index in [1.807, 2.05) is 0 Å². The van der Waals surface area contributed by atoms with Gasteiger partial charge >= 0.3 is 0 Å². The van der Waals surface area contributed by atoms with Gasteiger partial charge in [0.15, 0.2) is 0 Å². The van der Waals surface area contributed by atoms with E-state index in [0.717, 1.165) is 12.0 Å². The fourth-order valence-corrected chi connectivity index (χ4v) is 4.26. The van der Waals surface area contributed by atoms with Gasteiger partial charge in [-0.05, 0) is 54.2 Å². The van der Waals surface area contributed by atoms with Gasteiger partial charge in [-0.2, -0.15) is 0 Å². The van der Waals surface area contributed by atoms with E-state index in [-0.39, 0.29) is 0 Å². The highest BCUT2D eigenvalue weighted by atomic mass is 15.2. The molecular formula is C21H23N. The van der Waals surface area contributed by atoms with E-state index < -0.39 is 0 Å². The first-order valence-electron chi connectivity index (χ1n) is 8.34. The lowest BCUT2D eigenvalue weighted by atomic mass is 9.95. The number of nitrogens with zero attached hydrogens (tertiary/aromatic N) is 1. The molecule has 0 amide bonds. The van der Waals surface area contributed by atoms with Crippen molar-refractivity contribution >= 4 is 17.3 Å². The molecule has 1 aliphatic carbocycles. The van der Waals surface area contributed by atoms with Crippen molar-refractivity contribution in [3.63, 3.8) is 0 Å². The minimum atomic E-state index is 0.740. The standard InChI is InChI=1S/C21H23N/c1-15(17-7-4-3-5-8-17)13-16-11-12-21-19(14-16)18-9-6-10-20(18)22(21)2/h3-5,7-8,11-14,18,20H,6,9-10H2,1-2H3/b15-13+. The summed E-state index contributed by atoms with van der Waals surface area (Å²) in [5.74, 6) is 0.755. The number of fused-ring (bicyclic) bond motifs is 3. The van der Waals surface area contributed by atoms with Crippen LogP contribution in [0.5, 0.6) is 0 Å². The fraction of sp³-hybridized carbons (Fsp3) is 0.333. The molecule has 2 aromatic rings. The van der Waals surface area contributed by atoms with Crippen molar-refractivity contribution in [2.24, 2.45) is 0 Å². The summed E-state index contributed by atoms with van der Waals surface area (Å²) in [6.07, 6.45) is 6.40. The van der Waals surface area contributed by atoms with Gasteiger partial charge in [-0.3, -0.25) is 0 Å². The molecule has 0 aromatic heterocycles. The van der Waals surface area contributed by atoms with Crippen molar-refractivity contribution in [1.29, 1.82) is 0 Å². The molecule has 2 atom stereocenters. The highest BCUT2D eigenvalue weighted by molar-refractivity contribution is 5.81. The molecule has 2 aromatic carbocycles. The zero-order valence-electron chi connectivity index (χ0n) is 13.4. The summed E-state index contributed by atoms with van der Waals surface area (Å²) in [6, 6.07) is 18.4. The Morgan fingerprint density at radius 2 is 1.91 bits per heavy atom.